The van der Waals surface area contributed by atoms with Crippen LogP contribution >= 0.6 is 0 Å². The summed E-state index contributed by atoms with van der Waals surface area (Å²) in [4.78, 5) is 12.5. The molecule has 0 bridgehead atoms. The number of fused-ring (bicyclic) bond motifs is 2. The second kappa shape index (κ2) is 5.89. The summed E-state index contributed by atoms with van der Waals surface area (Å²) in [7, 11) is 0. The Balaban J connectivity index is 1.35. The summed E-state index contributed by atoms with van der Waals surface area (Å²) in [6, 6.07) is 8.90. The summed E-state index contributed by atoms with van der Waals surface area (Å²) in [6.45, 7) is 1.50. The van der Waals surface area contributed by atoms with Crippen molar-refractivity contribution in [1.29, 1.82) is 0 Å². The van der Waals surface area contributed by atoms with Gasteiger partial charge in [0.25, 0.3) is 0 Å². The molecule has 118 valence electrons. The van der Waals surface area contributed by atoms with Crippen LogP contribution in [-0.4, -0.2) is 31.1 Å². The van der Waals surface area contributed by atoms with Gasteiger partial charge in [-0.25, -0.2) is 0 Å². The van der Waals surface area contributed by atoms with Gasteiger partial charge in [-0.1, -0.05) is 18.2 Å². The largest absolute Gasteiger partial charge is 0.492 e. The maximum Gasteiger partial charge on any atom is 0.227 e. The number of hydrogen-bond donors (Lipinski definition) is 3. The van der Waals surface area contributed by atoms with E-state index < -0.39 is 0 Å². The van der Waals surface area contributed by atoms with Crippen molar-refractivity contribution in [3.8, 4) is 5.75 Å². The van der Waals surface area contributed by atoms with E-state index in [2.05, 4.69) is 22.2 Å². The number of carbonyl (C=O) groups is 1. The first-order valence-electron chi connectivity index (χ1n) is 8.29. The normalized spacial score (nSPS) is 33.5. The SMILES string of the molecule is O=C(NC1CCC2NNCC2C1)C1COc2ccccc2C1. The van der Waals surface area contributed by atoms with E-state index >= 15 is 0 Å². The molecular weight excluding hydrogens is 278 g/mol. The molecule has 4 atom stereocenters. The van der Waals surface area contributed by atoms with Crippen LogP contribution in [0, 0.1) is 11.8 Å². The van der Waals surface area contributed by atoms with Crippen molar-refractivity contribution >= 4 is 5.91 Å². The van der Waals surface area contributed by atoms with Gasteiger partial charge in [0.2, 0.25) is 5.91 Å². The van der Waals surface area contributed by atoms with Crippen LogP contribution in [-0.2, 0) is 11.2 Å². The molecule has 2 heterocycles. The summed E-state index contributed by atoms with van der Waals surface area (Å²) in [6.07, 6.45) is 4.04. The van der Waals surface area contributed by atoms with Gasteiger partial charge in [0.05, 0.1) is 5.92 Å². The lowest BCUT2D eigenvalue weighted by molar-refractivity contribution is -0.127. The van der Waals surface area contributed by atoms with Crippen LogP contribution in [0.4, 0.5) is 0 Å². The number of hydrazine groups is 1. The van der Waals surface area contributed by atoms with Crippen molar-refractivity contribution in [2.45, 2.75) is 37.8 Å². The molecule has 5 heteroatoms. The smallest absolute Gasteiger partial charge is 0.227 e. The molecule has 0 spiro atoms. The van der Waals surface area contributed by atoms with Gasteiger partial charge in [0.15, 0.2) is 0 Å². The second-order valence-electron chi connectivity index (χ2n) is 6.73. The number of hydrogen-bond acceptors (Lipinski definition) is 4. The summed E-state index contributed by atoms with van der Waals surface area (Å²) < 4.78 is 5.73. The number of amides is 1. The molecule has 1 aromatic rings. The quantitative estimate of drug-likeness (QED) is 0.762. The monoisotopic (exact) mass is 301 g/mol. The Kier molecular flexibility index (Phi) is 3.76. The van der Waals surface area contributed by atoms with Gasteiger partial charge in [-0.15, -0.1) is 0 Å². The summed E-state index contributed by atoms with van der Waals surface area (Å²) in [5, 5.41) is 3.26. The predicted octanol–water partition coefficient (Wildman–Crippen LogP) is 0.999. The van der Waals surface area contributed by atoms with Crippen LogP contribution in [0.15, 0.2) is 24.3 Å². The van der Waals surface area contributed by atoms with Gasteiger partial charge in [-0.3, -0.25) is 15.6 Å². The lowest BCUT2D eigenvalue weighted by Crippen LogP contribution is -2.47. The van der Waals surface area contributed by atoms with Crippen LogP contribution in [0.2, 0.25) is 0 Å². The second-order valence-corrected chi connectivity index (χ2v) is 6.73. The lowest BCUT2D eigenvalue weighted by Gasteiger charge is -2.33. The molecule has 3 N–H and O–H groups in total. The molecule has 1 amide bonds. The molecule has 2 aliphatic heterocycles. The molecule has 1 saturated carbocycles. The number of para-hydroxylation sites is 1. The molecule has 1 saturated heterocycles. The zero-order valence-electron chi connectivity index (χ0n) is 12.7. The maximum atomic E-state index is 12.5. The average Bonchev–Trinajstić information content (AvgIpc) is 3.02. The van der Waals surface area contributed by atoms with E-state index in [1.807, 2.05) is 18.2 Å². The van der Waals surface area contributed by atoms with Crippen LogP contribution < -0.4 is 20.9 Å². The highest BCUT2D eigenvalue weighted by Crippen LogP contribution is 2.29. The number of nitrogens with one attached hydrogen (secondary N) is 3. The number of rotatable bonds is 2. The topological polar surface area (TPSA) is 62.4 Å². The van der Waals surface area contributed by atoms with Gasteiger partial charge < -0.3 is 10.1 Å². The lowest BCUT2D eigenvalue weighted by atomic mass is 9.82. The Labute approximate surface area is 130 Å². The molecule has 2 fully saturated rings. The van der Waals surface area contributed by atoms with Gasteiger partial charge in [0, 0.05) is 18.6 Å². The van der Waals surface area contributed by atoms with E-state index in [9.17, 15) is 4.79 Å². The summed E-state index contributed by atoms with van der Waals surface area (Å²) in [5.41, 5.74) is 7.69. The highest BCUT2D eigenvalue weighted by molar-refractivity contribution is 5.80. The molecular formula is C17H23N3O2. The molecule has 0 aromatic heterocycles. The van der Waals surface area contributed by atoms with Gasteiger partial charge in [-0.05, 0) is 43.2 Å². The number of benzene rings is 1. The average molecular weight is 301 g/mol. The number of ether oxygens (including phenoxy) is 1. The summed E-state index contributed by atoms with van der Waals surface area (Å²) >= 11 is 0. The first-order valence-corrected chi connectivity index (χ1v) is 8.29. The predicted molar refractivity (Wildman–Crippen MR) is 83.3 cm³/mol. The first kappa shape index (κ1) is 14.0. The zero-order chi connectivity index (χ0) is 14.9. The third-order valence-electron chi connectivity index (χ3n) is 5.23. The highest BCUT2D eigenvalue weighted by atomic mass is 16.5. The van der Waals surface area contributed by atoms with Crippen LogP contribution in [0.5, 0.6) is 5.75 Å². The van der Waals surface area contributed by atoms with Crippen molar-refractivity contribution in [2.24, 2.45) is 11.8 Å². The highest BCUT2D eigenvalue weighted by Gasteiger charge is 2.35. The molecule has 4 rings (SSSR count). The van der Waals surface area contributed by atoms with Crippen molar-refractivity contribution in [1.82, 2.24) is 16.2 Å². The number of carbonyl (C=O) groups excluding carboxylic acids is 1. The molecule has 5 nitrogen and oxygen atoms in total. The van der Waals surface area contributed by atoms with Gasteiger partial charge in [-0.2, -0.15) is 0 Å². The standard InChI is InChI=1S/C17H23N3O2/c21-17(13-7-11-3-1-2-4-16(11)22-10-13)19-14-5-6-15-12(8-14)9-18-20-15/h1-4,12-15,18,20H,5-10H2,(H,19,21). The molecule has 3 aliphatic rings. The van der Waals surface area contributed by atoms with Crippen molar-refractivity contribution in [3.05, 3.63) is 29.8 Å². The fourth-order valence-corrected chi connectivity index (χ4v) is 3.95. The van der Waals surface area contributed by atoms with Crippen LogP contribution in [0.3, 0.4) is 0 Å². The molecule has 22 heavy (non-hydrogen) atoms. The molecule has 4 unspecified atom stereocenters. The van der Waals surface area contributed by atoms with E-state index in [0.29, 0.717) is 24.6 Å². The van der Waals surface area contributed by atoms with Crippen molar-refractivity contribution in [2.75, 3.05) is 13.2 Å². The van der Waals surface area contributed by atoms with E-state index in [-0.39, 0.29) is 11.8 Å². The van der Waals surface area contributed by atoms with E-state index in [0.717, 1.165) is 43.5 Å². The minimum Gasteiger partial charge on any atom is -0.492 e. The van der Waals surface area contributed by atoms with Gasteiger partial charge in [0.1, 0.15) is 12.4 Å². The third kappa shape index (κ3) is 2.71. The van der Waals surface area contributed by atoms with Crippen molar-refractivity contribution in [3.63, 3.8) is 0 Å². The molecule has 0 radical (unpaired) electrons. The minimum atomic E-state index is -0.0625. The van der Waals surface area contributed by atoms with Gasteiger partial charge >= 0.3 is 0 Å². The van der Waals surface area contributed by atoms with E-state index in [4.69, 9.17) is 4.74 Å². The van der Waals surface area contributed by atoms with Crippen LogP contribution in [0.25, 0.3) is 0 Å². The Morgan fingerprint density at radius 1 is 1.27 bits per heavy atom. The maximum absolute atomic E-state index is 12.5. The zero-order valence-corrected chi connectivity index (χ0v) is 12.7. The first-order chi connectivity index (χ1) is 10.8. The van der Waals surface area contributed by atoms with E-state index in [1.165, 1.54) is 0 Å². The summed E-state index contributed by atoms with van der Waals surface area (Å²) in [5.74, 6) is 1.65. The molecule has 1 aromatic carbocycles. The fraction of sp³-hybridized carbons (Fsp3) is 0.588. The Morgan fingerprint density at radius 3 is 3.14 bits per heavy atom. The Morgan fingerprint density at radius 2 is 2.18 bits per heavy atom. The fourth-order valence-electron chi connectivity index (χ4n) is 3.95. The molecule has 1 aliphatic carbocycles. The third-order valence-corrected chi connectivity index (χ3v) is 5.23. The Hall–Kier alpha value is -1.59. The van der Waals surface area contributed by atoms with Crippen molar-refractivity contribution < 1.29 is 9.53 Å². The van der Waals surface area contributed by atoms with E-state index in [1.54, 1.807) is 0 Å². The van der Waals surface area contributed by atoms with Crippen LogP contribution in [0.1, 0.15) is 24.8 Å². The minimum absolute atomic E-state index is 0.0625. The Bertz CT molecular complexity index is 563.